The molecule has 0 spiro atoms. The second-order valence-corrected chi connectivity index (χ2v) is 8.21. The summed E-state index contributed by atoms with van der Waals surface area (Å²) in [6.07, 6.45) is 1.10. The van der Waals surface area contributed by atoms with E-state index in [2.05, 4.69) is 41.5 Å². The zero-order valence-electron chi connectivity index (χ0n) is 12.4. The van der Waals surface area contributed by atoms with Gasteiger partial charge in [-0.1, -0.05) is 41.5 Å². The van der Waals surface area contributed by atoms with Crippen molar-refractivity contribution < 1.29 is 4.79 Å². The van der Waals surface area contributed by atoms with Crippen LogP contribution in [0.5, 0.6) is 0 Å². The standard InChI is InChI=1S/C14H27NOS/c1-11(16)15-9-8-14(10-17-15,12(2,3)4)13(5,6)7/h8-10H2,1-7H3. The van der Waals surface area contributed by atoms with Crippen LogP contribution in [0.4, 0.5) is 0 Å². The molecule has 1 rings (SSSR count). The number of amides is 1. The molecule has 0 saturated carbocycles. The average molecular weight is 257 g/mol. The molecule has 1 fully saturated rings. The van der Waals surface area contributed by atoms with Crippen LogP contribution in [0.3, 0.4) is 0 Å². The Hall–Kier alpha value is -0.180. The minimum atomic E-state index is 0.186. The Morgan fingerprint density at radius 2 is 1.59 bits per heavy atom. The van der Waals surface area contributed by atoms with Gasteiger partial charge in [-0.2, -0.15) is 0 Å². The molecule has 1 heterocycles. The molecule has 0 unspecified atom stereocenters. The summed E-state index contributed by atoms with van der Waals surface area (Å²) in [5, 5.41) is 0. The van der Waals surface area contributed by atoms with Crippen molar-refractivity contribution in [3.05, 3.63) is 0 Å². The van der Waals surface area contributed by atoms with Crippen molar-refractivity contribution in [2.45, 2.75) is 54.9 Å². The summed E-state index contributed by atoms with van der Waals surface area (Å²) < 4.78 is 1.91. The van der Waals surface area contributed by atoms with E-state index in [1.807, 2.05) is 4.31 Å². The molecule has 0 aliphatic carbocycles. The lowest BCUT2D eigenvalue weighted by Gasteiger charge is -2.56. The lowest BCUT2D eigenvalue weighted by molar-refractivity contribution is -0.125. The zero-order valence-corrected chi connectivity index (χ0v) is 13.2. The summed E-state index contributed by atoms with van der Waals surface area (Å²) in [7, 11) is 0. The van der Waals surface area contributed by atoms with Crippen LogP contribution in [0.25, 0.3) is 0 Å². The SMILES string of the molecule is CC(=O)N1CCC(C(C)(C)C)(C(C)(C)C)CS1. The quantitative estimate of drug-likeness (QED) is 0.612. The number of carbonyl (C=O) groups is 1. The molecule has 100 valence electrons. The molecule has 3 heteroatoms. The number of nitrogens with zero attached hydrogens (tertiary/aromatic N) is 1. The van der Waals surface area contributed by atoms with Crippen molar-refractivity contribution >= 4 is 17.9 Å². The lowest BCUT2D eigenvalue weighted by Crippen LogP contribution is -2.53. The van der Waals surface area contributed by atoms with E-state index >= 15 is 0 Å². The Labute approximate surface area is 111 Å². The summed E-state index contributed by atoms with van der Waals surface area (Å²) in [5.41, 5.74) is 0.818. The fourth-order valence-corrected chi connectivity index (χ4v) is 4.96. The van der Waals surface area contributed by atoms with E-state index in [-0.39, 0.29) is 22.2 Å². The van der Waals surface area contributed by atoms with Crippen LogP contribution in [0, 0.1) is 16.2 Å². The van der Waals surface area contributed by atoms with E-state index in [1.54, 1.807) is 18.9 Å². The largest absolute Gasteiger partial charge is 0.287 e. The van der Waals surface area contributed by atoms with E-state index in [9.17, 15) is 4.79 Å². The Bertz CT molecular complexity index is 274. The highest BCUT2D eigenvalue weighted by Crippen LogP contribution is 2.57. The molecule has 0 radical (unpaired) electrons. The monoisotopic (exact) mass is 257 g/mol. The molecule has 2 nitrogen and oxygen atoms in total. The smallest absolute Gasteiger partial charge is 0.229 e. The maximum absolute atomic E-state index is 11.4. The molecule has 0 bridgehead atoms. The summed E-state index contributed by atoms with van der Waals surface area (Å²) in [4.78, 5) is 11.4. The fourth-order valence-electron chi connectivity index (χ4n) is 3.17. The maximum atomic E-state index is 11.4. The maximum Gasteiger partial charge on any atom is 0.229 e. The molecule has 0 atom stereocenters. The highest BCUT2D eigenvalue weighted by molar-refractivity contribution is 7.97. The first-order valence-electron chi connectivity index (χ1n) is 6.42. The molecule has 1 aliphatic heterocycles. The van der Waals surface area contributed by atoms with E-state index < -0.39 is 0 Å². The van der Waals surface area contributed by atoms with Gasteiger partial charge in [0.15, 0.2) is 0 Å². The van der Waals surface area contributed by atoms with Gasteiger partial charge < -0.3 is 0 Å². The first kappa shape index (κ1) is 14.9. The Morgan fingerprint density at radius 1 is 1.12 bits per heavy atom. The summed E-state index contributed by atoms with van der Waals surface area (Å²) >= 11 is 1.72. The van der Waals surface area contributed by atoms with Gasteiger partial charge in [-0.15, -0.1) is 0 Å². The van der Waals surface area contributed by atoms with Crippen molar-refractivity contribution in [3.8, 4) is 0 Å². The highest BCUT2D eigenvalue weighted by atomic mass is 32.2. The van der Waals surface area contributed by atoms with Gasteiger partial charge in [0, 0.05) is 19.2 Å². The minimum absolute atomic E-state index is 0.186. The fraction of sp³-hybridized carbons (Fsp3) is 0.929. The number of hydrogen-bond acceptors (Lipinski definition) is 2. The van der Waals surface area contributed by atoms with E-state index in [0.717, 1.165) is 18.7 Å². The highest BCUT2D eigenvalue weighted by Gasteiger charge is 2.52. The van der Waals surface area contributed by atoms with Gasteiger partial charge in [0.25, 0.3) is 0 Å². The third-order valence-electron chi connectivity index (χ3n) is 4.43. The predicted molar refractivity (Wildman–Crippen MR) is 75.8 cm³/mol. The molecule has 17 heavy (non-hydrogen) atoms. The van der Waals surface area contributed by atoms with E-state index in [0.29, 0.717) is 0 Å². The first-order valence-corrected chi connectivity index (χ1v) is 7.36. The topological polar surface area (TPSA) is 20.3 Å². The molecule has 0 aromatic rings. The lowest BCUT2D eigenvalue weighted by atomic mass is 9.53. The second kappa shape index (κ2) is 4.49. The van der Waals surface area contributed by atoms with Gasteiger partial charge in [-0.25, -0.2) is 0 Å². The molecule has 0 N–H and O–H groups in total. The van der Waals surface area contributed by atoms with Crippen molar-refractivity contribution in [2.75, 3.05) is 12.3 Å². The van der Waals surface area contributed by atoms with Crippen LogP contribution in [-0.2, 0) is 4.79 Å². The molecule has 0 aromatic carbocycles. The van der Waals surface area contributed by atoms with Gasteiger partial charge in [-0.3, -0.25) is 9.10 Å². The van der Waals surface area contributed by atoms with Crippen molar-refractivity contribution in [3.63, 3.8) is 0 Å². The molecule has 0 aromatic heterocycles. The number of hydrogen-bond donors (Lipinski definition) is 0. The Balaban J connectivity index is 2.96. The normalized spacial score (nSPS) is 21.5. The predicted octanol–water partition coefficient (Wildman–Crippen LogP) is 3.97. The van der Waals surface area contributed by atoms with Crippen LogP contribution in [0.15, 0.2) is 0 Å². The molecule has 1 amide bonds. The van der Waals surface area contributed by atoms with Crippen LogP contribution >= 0.6 is 11.9 Å². The second-order valence-electron chi connectivity index (χ2n) is 7.23. The van der Waals surface area contributed by atoms with E-state index in [1.165, 1.54) is 0 Å². The first-order chi connectivity index (χ1) is 7.51. The van der Waals surface area contributed by atoms with E-state index in [4.69, 9.17) is 0 Å². The molecular formula is C14H27NOS. The molecule has 1 saturated heterocycles. The number of carbonyl (C=O) groups excluding carboxylic acids is 1. The van der Waals surface area contributed by atoms with Crippen molar-refractivity contribution in [2.24, 2.45) is 16.2 Å². The molecule has 1 aliphatic rings. The van der Waals surface area contributed by atoms with Gasteiger partial charge >= 0.3 is 0 Å². The zero-order chi connectivity index (χ0) is 13.5. The third-order valence-corrected chi connectivity index (χ3v) is 5.80. The number of rotatable bonds is 0. The average Bonchev–Trinajstić information content (AvgIpc) is 2.14. The van der Waals surface area contributed by atoms with Crippen molar-refractivity contribution in [1.29, 1.82) is 0 Å². The van der Waals surface area contributed by atoms with Gasteiger partial charge in [0.1, 0.15) is 0 Å². The van der Waals surface area contributed by atoms with Crippen LogP contribution in [-0.4, -0.2) is 22.5 Å². The Morgan fingerprint density at radius 3 is 1.82 bits per heavy atom. The van der Waals surface area contributed by atoms with Crippen LogP contribution < -0.4 is 0 Å². The van der Waals surface area contributed by atoms with Crippen LogP contribution in [0.2, 0.25) is 0 Å². The van der Waals surface area contributed by atoms with Gasteiger partial charge in [0.05, 0.1) is 0 Å². The Kier molecular flexibility index (Phi) is 3.93. The summed E-state index contributed by atoms with van der Waals surface area (Å²) in [6, 6.07) is 0. The molecular weight excluding hydrogens is 230 g/mol. The third kappa shape index (κ3) is 2.64. The van der Waals surface area contributed by atoms with Crippen LogP contribution in [0.1, 0.15) is 54.9 Å². The van der Waals surface area contributed by atoms with Crippen molar-refractivity contribution in [1.82, 2.24) is 4.31 Å². The minimum Gasteiger partial charge on any atom is -0.287 e. The summed E-state index contributed by atoms with van der Waals surface area (Å²) in [6.45, 7) is 16.6. The van der Waals surface area contributed by atoms with Gasteiger partial charge in [0.2, 0.25) is 5.91 Å². The van der Waals surface area contributed by atoms with Gasteiger partial charge in [-0.05, 0) is 34.6 Å². The summed E-state index contributed by atoms with van der Waals surface area (Å²) in [5.74, 6) is 1.23.